The molecule has 1 aliphatic rings. The molecule has 2 amide bonds. The van der Waals surface area contributed by atoms with Crippen molar-refractivity contribution in [3.8, 4) is 0 Å². The molecule has 1 atom stereocenters. The molecular weight excluding hydrogens is 347 g/mol. The van der Waals surface area contributed by atoms with E-state index >= 15 is 0 Å². The Morgan fingerprint density at radius 2 is 2.05 bits per heavy atom. The van der Waals surface area contributed by atoms with Crippen molar-refractivity contribution < 1.29 is 9.18 Å². The summed E-state index contributed by atoms with van der Waals surface area (Å²) in [5.74, 6) is -0.451. The summed E-state index contributed by atoms with van der Waals surface area (Å²) in [5.41, 5.74) is 2.60. The zero-order valence-electron chi connectivity index (χ0n) is 12.1. The van der Waals surface area contributed by atoms with Gasteiger partial charge in [-0.1, -0.05) is 30.3 Å². The van der Waals surface area contributed by atoms with Gasteiger partial charge in [-0.15, -0.1) is 0 Å². The first-order valence-corrected chi connectivity index (χ1v) is 7.96. The summed E-state index contributed by atoms with van der Waals surface area (Å²) in [4.78, 5) is 14.3. The second-order valence-corrected chi connectivity index (χ2v) is 6.20. The van der Waals surface area contributed by atoms with Crippen LogP contribution in [0, 0.1) is 5.82 Å². The summed E-state index contributed by atoms with van der Waals surface area (Å²) in [6.07, 6.45) is 0.812. The van der Waals surface area contributed by atoms with Crippen LogP contribution < -0.4 is 5.32 Å². The zero-order valence-corrected chi connectivity index (χ0v) is 13.7. The lowest BCUT2D eigenvalue weighted by molar-refractivity contribution is 0.188. The van der Waals surface area contributed by atoms with Gasteiger partial charge in [0.25, 0.3) is 0 Å². The van der Waals surface area contributed by atoms with Crippen LogP contribution in [0.1, 0.15) is 24.1 Å². The number of nitrogens with one attached hydrogen (secondary N) is 1. The summed E-state index contributed by atoms with van der Waals surface area (Å²) in [5, 5.41) is 2.67. The fourth-order valence-corrected chi connectivity index (χ4v) is 3.29. The van der Waals surface area contributed by atoms with Gasteiger partial charge < -0.3 is 10.2 Å². The number of amides is 2. The van der Waals surface area contributed by atoms with Gasteiger partial charge in [0.05, 0.1) is 11.7 Å². The summed E-state index contributed by atoms with van der Waals surface area (Å²) < 4.78 is 14.4. The molecule has 1 aliphatic heterocycles. The van der Waals surface area contributed by atoms with Gasteiger partial charge in [-0.25, -0.2) is 9.18 Å². The maximum atomic E-state index is 13.9. The van der Waals surface area contributed by atoms with E-state index in [4.69, 9.17) is 0 Å². The van der Waals surface area contributed by atoms with Crippen molar-refractivity contribution in [2.75, 3.05) is 11.9 Å². The Bertz CT molecular complexity index is 699. The van der Waals surface area contributed by atoms with Crippen LogP contribution in [-0.4, -0.2) is 17.5 Å². The number of urea groups is 1. The minimum absolute atomic E-state index is 0.0319. The van der Waals surface area contributed by atoms with Crippen LogP contribution in [0.5, 0.6) is 0 Å². The molecule has 0 saturated carbocycles. The normalized spacial score (nSPS) is 17.0. The molecule has 3 nitrogen and oxygen atoms in total. The number of fused-ring (bicyclic) bond motifs is 1. The zero-order chi connectivity index (χ0) is 15.7. The third-order valence-electron chi connectivity index (χ3n) is 4.05. The van der Waals surface area contributed by atoms with Crippen LogP contribution >= 0.6 is 15.9 Å². The second kappa shape index (κ2) is 6.08. The van der Waals surface area contributed by atoms with Crippen molar-refractivity contribution in [2.24, 2.45) is 0 Å². The van der Waals surface area contributed by atoms with E-state index in [9.17, 15) is 9.18 Å². The lowest BCUT2D eigenvalue weighted by Gasteiger charge is -2.35. The highest BCUT2D eigenvalue weighted by Gasteiger charge is 2.28. The van der Waals surface area contributed by atoms with Crippen molar-refractivity contribution >= 4 is 27.6 Å². The van der Waals surface area contributed by atoms with Crippen LogP contribution in [0.3, 0.4) is 0 Å². The number of benzene rings is 2. The Hall–Kier alpha value is -1.88. The van der Waals surface area contributed by atoms with Gasteiger partial charge in [0.1, 0.15) is 5.82 Å². The van der Waals surface area contributed by atoms with Crippen molar-refractivity contribution in [1.82, 2.24) is 4.90 Å². The SMILES string of the molecule is CC1c2ccccc2CCN1C(=O)Nc1c(F)cccc1Br. The molecule has 0 radical (unpaired) electrons. The van der Waals surface area contributed by atoms with Crippen molar-refractivity contribution in [1.29, 1.82) is 0 Å². The first-order valence-electron chi connectivity index (χ1n) is 7.17. The van der Waals surface area contributed by atoms with E-state index in [-0.39, 0.29) is 17.8 Å². The molecule has 2 aromatic rings. The second-order valence-electron chi connectivity index (χ2n) is 5.34. The third kappa shape index (κ3) is 2.73. The van der Waals surface area contributed by atoms with Crippen LogP contribution in [-0.2, 0) is 6.42 Å². The number of hydrogen-bond acceptors (Lipinski definition) is 1. The summed E-state index contributed by atoms with van der Waals surface area (Å²) in [6.45, 7) is 2.62. The van der Waals surface area contributed by atoms with Crippen molar-refractivity contribution in [3.05, 3.63) is 63.9 Å². The minimum atomic E-state index is -0.451. The molecular formula is C17H16BrFN2O. The Morgan fingerprint density at radius 3 is 2.82 bits per heavy atom. The van der Waals surface area contributed by atoms with E-state index in [1.165, 1.54) is 11.6 Å². The molecule has 0 bridgehead atoms. The standard InChI is InChI=1S/C17H16BrFN2O/c1-11-13-6-3-2-5-12(13)9-10-21(11)17(22)20-16-14(18)7-4-8-15(16)19/h2-8,11H,9-10H2,1H3,(H,20,22). The highest BCUT2D eigenvalue weighted by atomic mass is 79.9. The third-order valence-corrected chi connectivity index (χ3v) is 4.71. The molecule has 5 heteroatoms. The smallest absolute Gasteiger partial charge is 0.317 e. The molecule has 22 heavy (non-hydrogen) atoms. The number of anilines is 1. The molecule has 1 unspecified atom stereocenters. The predicted molar refractivity (Wildman–Crippen MR) is 88.4 cm³/mol. The van der Waals surface area contributed by atoms with Gasteiger partial charge in [-0.3, -0.25) is 0 Å². The fourth-order valence-electron chi connectivity index (χ4n) is 2.85. The Morgan fingerprint density at radius 1 is 1.27 bits per heavy atom. The highest BCUT2D eigenvalue weighted by Crippen LogP contribution is 2.31. The average molecular weight is 363 g/mol. The van der Waals surface area contributed by atoms with Gasteiger partial charge >= 0.3 is 6.03 Å². The number of rotatable bonds is 1. The van der Waals surface area contributed by atoms with E-state index < -0.39 is 5.82 Å². The van der Waals surface area contributed by atoms with Gasteiger partial charge in [0, 0.05) is 11.0 Å². The molecule has 0 spiro atoms. The monoisotopic (exact) mass is 362 g/mol. The van der Waals surface area contributed by atoms with Gasteiger partial charge in [0.15, 0.2) is 0 Å². The maximum Gasteiger partial charge on any atom is 0.322 e. The molecule has 3 rings (SSSR count). The van der Waals surface area contributed by atoms with Crippen LogP contribution in [0.4, 0.5) is 14.9 Å². The van der Waals surface area contributed by atoms with Gasteiger partial charge in [-0.2, -0.15) is 0 Å². The van der Waals surface area contributed by atoms with E-state index in [2.05, 4.69) is 27.3 Å². The van der Waals surface area contributed by atoms with Gasteiger partial charge in [-0.05, 0) is 52.5 Å². The molecule has 0 aliphatic carbocycles. The first-order chi connectivity index (χ1) is 10.6. The molecule has 1 heterocycles. The maximum absolute atomic E-state index is 13.9. The largest absolute Gasteiger partial charge is 0.322 e. The molecule has 0 saturated heterocycles. The highest BCUT2D eigenvalue weighted by molar-refractivity contribution is 9.10. The molecule has 2 aromatic carbocycles. The van der Waals surface area contributed by atoms with Gasteiger partial charge in [0.2, 0.25) is 0 Å². The van der Waals surface area contributed by atoms with E-state index in [0.717, 1.165) is 12.0 Å². The number of carbonyl (C=O) groups is 1. The summed E-state index contributed by atoms with van der Waals surface area (Å²) in [7, 11) is 0. The Labute approximate surface area is 137 Å². The fraction of sp³-hybridized carbons (Fsp3) is 0.235. The van der Waals surface area contributed by atoms with Crippen LogP contribution in [0.2, 0.25) is 0 Å². The predicted octanol–water partition coefficient (Wildman–Crippen LogP) is 4.74. The molecule has 0 aromatic heterocycles. The Kier molecular flexibility index (Phi) is 4.16. The van der Waals surface area contributed by atoms with Crippen molar-refractivity contribution in [3.63, 3.8) is 0 Å². The number of nitrogens with zero attached hydrogens (tertiary/aromatic N) is 1. The average Bonchev–Trinajstić information content (AvgIpc) is 2.51. The topological polar surface area (TPSA) is 32.3 Å². The quantitative estimate of drug-likeness (QED) is 0.780. The van der Waals surface area contributed by atoms with E-state index in [0.29, 0.717) is 11.0 Å². The summed E-state index contributed by atoms with van der Waals surface area (Å²) >= 11 is 3.27. The number of carbonyl (C=O) groups excluding carboxylic acids is 1. The summed E-state index contributed by atoms with van der Waals surface area (Å²) in [6, 6.07) is 12.4. The lowest BCUT2D eigenvalue weighted by atomic mass is 9.94. The van der Waals surface area contributed by atoms with E-state index in [1.54, 1.807) is 17.0 Å². The number of halogens is 2. The molecule has 0 fully saturated rings. The lowest BCUT2D eigenvalue weighted by Crippen LogP contribution is -2.41. The van der Waals surface area contributed by atoms with Crippen LogP contribution in [0.25, 0.3) is 0 Å². The molecule has 114 valence electrons. The number of para-hydroxylation sites is 1. The van der Waals surface area contributed by atoms with Crippen LogP contribution in [0.15, 0.2) is 46.9 Å². The Balaban J connectivity index is 1.82. The number of hydrogen-bond donors (Lipinski definition) is 1. The van der Waals surface area contributed by atoms with E-state index in [1.807, 2.05) is 25.1 Å². The first kappa shape index (κ1) is 15.0. The minimum Gasteiger partial charge on any atom is -0.317 e. The van der Waals surface area contributed by atoms with Crippen molar-refractivity contribution in [2.45, 2.75) is 19.4 Å². The molecule has 1 N–H and O–H groups in total.